The first-order chi connectivity index (χ1) is 15.5. The molecule has 2 heterocycles. The van der Waals surface area contributed by atoms with Crippen LogP contribution < -0.4 is 16.0 Å². The first-order valence-corrected chi connectivity index (χ1v) is 11.5. The third-order valence-corrected chi connectivity index (χ3v) is 6.62. The van der Waals surface area contributed by atoms with Crippen molar-refractivity contribution in [3.8, 4) is 0 Å². The van der Waals surface area contributed by atoms with Crippen LogP contribution in [0.3, 0.4) is 0 Å². The largest absolute Gasteiger partial charge is 0.373 e. The highest BCUT2D eigenvalue weighted by Gasteiger charge is 2.35. The third-order valence-electron chi connectivity index (χ3n) is 6.62. The standard InChI is InChI=1S/C25H33N5O2/c1-17-5-3-6-19(13-17)25(32)27-14-24(31)28-20-15-30(16-20)21-11-9-18(10-12-21)22-7-4-8-23(26-2)29-22/h3-8,13,18,20-21H,9-12,14-16H2,1-2H3,(H,26,29)(H,27,32)(H,28,31). The fraction of sp³-hybridized carbons (Fsp3) is 0.480. The maximum Gasteiger partial charge on any atom is 0.251 e. The molecule has 0 atom stereocenters. The number of pyridine rings is 1. The molecule has 1 saturated heterocycles. The molecule has 3 N–H and O–H groups in total. The zero-order valence-electron chi connectivity index (χ0n) is 18.9. The van der Waals surface area contributed by atoms with Gasteiger partial charge in [0.25, 0.3) is 5.91 Å². The lowest BCUT2D eigenvalue weighted by Gasteiger charge is -2.46. The lowest BCUT2D eigenvalue weighted by atomic mass is 9.82. The van der Waals surface area contributed by atoms with Crippen molar-refractivity contribution in [2.24, 2.45) is 0 Å². The van der Waals surface area contributed by atoms with E-state index in [4.69, 9.17) is 4.98 Å². The first-order valence-electron chi connectivity index (χ1n) is 11.5. The Morgan fingerprint density at radius 2 is 1.81 bits per heavy atom. The number of hydrogen-bond donors (Lipinski definition) is 3. The van der Waals surface area contributed by atoms with Crippen molar-refractivity contribution in [3.05, 3.63) is 59.3 Å². The highest BCUT2D eigenvalue weighted by Crippen LogP contribution is 2.35. The van der Waals surface area contributed by atoms with E-state index in [9.17, 15) is 9.59 Å². The highest BCUT2D eigenvalue weighted by molar-refractivity contribution is 5.96. The summed E-state index contributed by atoms with van der Waals surface area (Å²) in [5, 5.41) is 8.87. The van der Waals surface area contributed by atoms with Crippen molar-refractivity contribution in [2.45, 2.75) is 50.6 Å². The Morgan fingerprint density at radius 3 is 2.53 bits per heavy atom. The van der Waals surface area contributed by atoms with Crippen molar-refractivity contribution in [1.82, 2.24) is 20.5 Å². The molecule has 0 radical (unpaired) electrons. The minimum absolute atomic E-state index is 0.00701. The molecule has 2 fully saturated rings. The van der Waals surface area contributed by atoms with Gasteiger partial charge in [0.1, 0.15) is 5.82 Å². The molecule has 170 valence electrons. The number of anilines is 1. The summed E-state index contributed by atoms with van der Waals surface area (Å²) in [5.74, 6) is 1.12. The number of amides is 2. The summed E-state index contributed by atoms with van der Waals surface area (Å²) in [6, 6.07) is 14.3. The Kier molecular flexibility index (Phi) is 7.05. The molecular weight excluding hydrogens is 402 g/mol. The number of hydrogen-bond acceptors (Lipinski definition) is 5. The predicted octanol–water partition coefficient (Wildman–Crippen LogP) is 2.69. The van der Waals surface area contributed by atoms with Crippen LogP contribution in [-0.4, -0.2) is 60.5 Å². The summed E-state index contributed by atoms with van der Waals surface area (Å²) in [7, 11) is 1.90. The molecule has 4 rings (SSSR count). The topological polar surface area (TPSA) is 86.4 Å². The normalized spacial score (nSPS) is 21.4. The molecule has 32 heavy (non-hydrogen) atoms. The molecule has 1 aromatic carbocycles. The second-order valence-corrected chi connectivity index (χ2v) is 8.97. The van der Waals surface area contributed by atoms with Crippen molar-refractivity contribution in [1.29, 1.82) is 0 Å². The number of nitrogens with zero attached hydrogens (tertiary/aromatic N) is 2. The molecular formula is C25H33N5O2. The summed E-state index contributed by atoms with van der Waals surface area (Å²) in [6.07, 6.45) is 4.65. The summed E-state index contributed by atoms with van der Waals surface area (Å²) in [5.41, 5.74) is 2.79. The van der Waals surface area contributed by atoms with E-state index in [1.165, 1.54) is 18.5 Å². The Morgan fingerprint density at radius 1 is 1.06 bits per heavy atom. The van der Waals surface area contributed by atoms with E-state index in [0.717, 1.165) is 37.3 Å². The number of carbonyl (C=O) groups excluding carboxylic acids is 2. The Balaban J connectivity index is 1.15. The van der Waals surface area contributed by atoms with Gasteiger partial charge in [-0.3, -0.25) is 14.5 Å². The number of rotatable bonds is 7. The fourth-order valence-electron chi connectivity index (χ4n) is 4.78. The maximum atomic E-state index is 12.2. The Hall–Kier alpha value is -2.93. The lowest BCUT2D eigenvalue weighted by Crippen LogP contribution is -2.63. The van der Waals surface area contributed by atoms with Gasteiger partial charge in [0.15, 0.2) is 0 Å². The number of likely N-dealkylation sites (tertiary alicyclic amines) is 1. The Bertz CT molecular complexity index is 949. The van der Waals surface area contributed by atoms with Crippen molar-refractivity contribution in [2.75, 3.05) is 32.0 Å². The number of benzene rings is 1. The first kappa shape index (κ1) is 22.3. The van der Waals surface area contributed by atoms with Crippen molar-refractivity contribution in [3.63, 3.8) is 0 Å². The SMILES string of the molecule is CNc1cccc(C2CCC(N3CC(NC(=O)CNC(=O)c4cccc(C)c4)C3)CC2)n1. The summed E-state index contributed by atoms with van der Waals surface area (Å²) >= 11 is 0. The van der Waals surface area contributed by atoms with Crippen LogP contribution in [-0.2, 0) is 4.79 Å². The lowest BCUT2D eigenvalue weighted by molar-refractivity contribution is -0.122. The number of aromatic nitrogens is 1. The fourth-order valence-corrected chi connectivity index (χ4v) is 4.78. The van der Waals surface area contributed by atoms with E-state index in [2.05, 4.69) is 33.0 Å². The van der Waals surface area contributed by atoms with E-state index in [1.807, 2.05) is 38.2 Å². The van der Waals surface area contributed by atoms with Gasteiger partial charge in [0.2, 0.25) is 5.91 Å². The molecule has 2 aliphatic rings. The van der Waals surface area contributed by atoms with Crippen LogP contribution in [0.4, 0.5) is 5.82 Å². The van der Waals surface area contributed by atoms with Crippen molar-refractivity contribution < 1.29 is 9.59 Å². The second-order valence-electron chi connectivity index (χ2n) is 8.97. The van der Waals surface area contributed by atoms with E-state index in [1.54, 1.807) is 6.07 Å². The van der Waals surface area contributed by atoms with Crippen molar-refractivity contribution >= 4 is 17.6 Å². The molecule has 2 amide bonds. The third kappa shape index (κ3) is 5.46. The molecule has 7 heteroatoms. The molecule has 0 unspecified atom stereocenters. The molecule has 0 spiro atoms. The van der Waals surface area contributed by atoms with Gasteiger partial charge in [-0.05, 0) is 56.9 Å². The zero-order chi connectivity index (χ0) is 22.5. The molecule has 1 saturated carbocycles. The van der Waals surface area contributed by atoms with Crippen LogP contribution in [0.5, 0.6) is 0 Å². The summed E-state index contributed by atoms with van der Waals surface area (Å²) < 4.78 is 0. The van der Waals surface area contributed by atoms with E-state index < -0.39 is 0 Å². The zero-order valence-corrected chi connectivity index (χ0v) is 18.9. The average molecular weight is 436 g/mol. The second kappa shape index (κ2) is 10.1. The van der Waals surface area contributed by atoms with Gasteiger partial charge < -0.3 is 16.0 Å². The molecule has 0 bridgehead atoms. The number of aryl methyl sites for hydroxylation is 1. The van der Waals surface area contributed by atoms with E-state index in [-0.39, 0.29) is 24.4 Å². The number of carbonyl (C=O) groups is 2. The maximum absolute atomic E-state index is 12.2. The molecule has 1 aliphatic carbocycles. The van der Waals surface area contributed by atoms with Gasteiger partial charge in [0, 0.05) is 43.4 Å². The van der Waals surface area contributed by atoms with Crippen LogP contribution in [0.15, 0.2) is 42.5 Å². The minimum Gasteiger partial charge on any atom is -0.373 e. The Labute approximate surface area is 190 Å². The number of nitrogens with one attached hydrogen (secondary N) is 3. The molecule has 7 nitrogen and oxygen atoms in total. The van der Waals surface area contributed by atoms with Gasteiger partial charge in [-0.25, -0.2) is 4.98 Å². The van der Waals surface area contributed by atoms with Crippen LogP contribution in [0, 0.1) is 6.92 Å². The van der Waals surface area contributed by atoms with Crippen LogP contribution in [0.25, 0.3) is 0 Å². The average Bonchev–Trinajstić information content (AvgIpc) is 2.79. The molecule has 1 aromatic heterocycles. The highest BCUT2D eigenvalue weighted by atomic mass is 16.2. The smallest absolute Gasteiger partial charge is 0.251 e. The molecule has 2 aromatic rings. The van der Waals surface area contributed by atoms with Gasteiger partial charge in [-0.1, -0.05) is 23.8 Å². The van der Waals surface area contributed by atoms with E-state index in [0.29, 0.717) is 17.5 Å². The quantitative estimate of drug-likeness (QED) is 0.623. The monoisotopic (exact) mass is 435 g/mol. The van der Waals surface area contributed by atoms with Crippen LogP contribution >= 0.6 is 0 Å². The van der Waals surface area contributed by atoms with Gasteiger partial charge >= 0.3 is 0 Å². The van der Waals surface area contributed by atoms with Crippen LogP contribution in [0.1, 0.15) is 53.2 Å². The van der Waals surface area contributed by atoms with Gasteiger partial charge in [-0.15, -0.1) is 0 Å². The van der Waals surface area contributed by atoms with Gasteiger partial charge in [-0.2, -0.15) is 0 Å². The van der Waals surface area contributed by atoms with Crippen LogP contribution in [0.2, 0.25) is 0 Å². The van der Waals surface area contributed by atoms with E-state index >= 15 is 0 Å². The van der Waals surface area contributed by atoms with Gasteiger partial charge in [0.05, 0.1) is 12.6 Å². The predicted molar refractivity (Wildman–Crippen MR) is 126 cm³/mol. The minimum atomic E-state index is -0.217. The summed E-state index contributed by atoms with van der Waals surface area (Å²) in [4.78, 5) is 31.6. The molecule has 1 aliphatic heterocycles. The summed E-state index contributed by atoms with van der Waals surface area (Å²) in [6.45, 7) is 3.73.